The third-order valence-corrected chi connectivity index (χ3v) is 3.84. The molecular weight excluding hydrogens is 348 g/mol. The SMILES string of the molecule is CC/C=C/C/C=C(/C/C=C(/C/C=C/CCCCCCC=O)[N+](=O)[O-])[N+](=O)[O-]. The maximum absolute atomic E-state index is 11.1. The van der Waals surface area contributed by atoms with Gasteiger partial charge in [-0.05, 0) is 44.3 Å². The van der Waals surface area contributed by atoms with Crippen LogP contribution < -0.4 is 0 Å². The molecule has 0 unspecified atom stereocenters. The van der Waals surface area contributed by atoms with Gasteiger partial charge in [0, 0.05) is 6.42 Å². The molecule has 150 valence electrons. The van der Waals surface area contributed by atoms with E-state index in [1.54, 1.807) is 6.08 Å². The van der Waals surface area contributed by atoms with E-state index in [0.29, 0.717) is 12.8 Å². The molecule has 0 aromatic rings. The minimum absolute atomic E-state index is 0.0330. The van der Waals surface area contributed by atoms with Crippen molar-refractivity contribution in [3.8, 4) is 0 Å². The van der Waals surface area contributed by atoms with Gasteiger partial charge in [0.1, 0.15) is 6.29 Å². The molecule has 0 N–H and O–H groups in total. The lowest BCUT2D eigenvalue weighted by atomic mass is 10.1. The summed E-state index contributed by atoms with van der Waals surface area (Å²) in [5.41, 5.74) is -0.0662. The topological polar surface area (TPSA) is 103 Å². The summed E-state index contributed by atoms with van der Waals surface area (Å²) < 4.78 is 0. The Morgan fingerprint density at radius 3 is 2.00 bits per heavy atom. The molecule has 0 saturated heterocycles. The number of rotatable bonds is 16. The van der Waals surface area contributed by atoms with E-state index in [2.05, 4.69) is 0 Å². The van der Waals surface area contributed by atoms with Crippen molar-refractivity contribution in [2.75, 3.05) is 0 Å². The second-order valence-corrected chi connectivity index (χ2v) is 6.06. The summed E-state index contributed by atoms with van der Waals surface area (Å²) in [7, 11) is 0. The Morgan fingerprint density at radius 1 is 0.778 bits per heavy atom. The first kappa shape index (κ1) is 24.4. The normalized spacial score (nSPS) is 12.8. The molecule has 7 nitrogen and oxygen atoms in total. The van der Waals surface area contributed by atoms with Gasteiger partial charge in [0.05, 0.1) is 22.7 Å². The van der Waals surface area contributed by atoms with E-state index in [1.807, 2.05) is 25.2 Å². The Kier molecular flexibility index (Phi) is 15.3. The molecule has 0 atom stereocenters. The predicted molar refractivity (Wildman–Crippen MR) is 106 cm³/mol. The zero-order chi connectivity index (χ0) is 20.3. The first-order chi connectivity index (χ1) is 13.0. The number of hydrogen-bond acceptors (Lipinski definition) is 5. The average Bonchev–Trinajstić information content (AvgIpc) is 2.63. The maximum Gasteiger partial charge on any atom is 0.246 e. The van der Waals surface area contributed by atoms with Crippen molar-refractivity contribution in [3.63, 3.8) is 0 Å². The number of allylic oxidation sites excluding steroid dienone is 6. The summed E-state index contributed by atoms with van der Waals surface area (Å²) in [5, 5.41) is 22.2. The number of aldehydes is 1. The largest absolute Gasteiger partial charge is 0.303 e. The Morgan fingerprint density at radius 2 is 1.41 bits per heavy atom. The van der Waals surface area contributed by atoms with Crippen LogP contribution in [0.15, 0.2) is 47.9 Å². The van der Waals surface area contributed by atoms with E-state index >= 15 is 0 Å². The molecule has 0 fully saturated rings. The van der Waals surface area contributed by atoms with E-state index in [0.717, 1.165) is 44.8 Å². The Balaban J connectivity index is 4.48. The molecule has 0 saturated carbocycles. The Labute approximate surface area is 160 Å². The molecule has 0 heterocycles. The minimum atomic E-state index is -0.492. The average molecular weight is 378 g/mol. The zero-order valence-corrected chi connectivity index (χ0v) is 16.0. The molecule has 0 aromatic heterocycles. The highest BCUT2D eigenvalue weighted by molar-refractivity contribution is 5.48. The maximum atomic E-state index is 11.1. The second-order valence-electron chi connectivity index (χ2n) is 6.06. The molecule has 0 aromatic carbocycles. The van der Waals surface area contributed by atoms with Crippen molar-refractivity contribution in [2.24, 2.45) is 0 Å². The summed E-state index contributed by atoms with van der Waals surface area (Å²) in [6.07, 6.45) is 17.9. The van der Waals surface area contributed by atoms with Gasteiger partial charge in [-0.3, -0.25) is 20.2 Å². The van der Waals surface area contributed by atoms with Crippen LogP contribution in [0.25, 0.3) is 0 Å². The number of carbonyl (C=O) groups excluding carboxylic acids is 1. The van der Waals surface area contributed by atoms with Gasteiger partial charge in [-0.25, -0.2) is 0 Å². The first-order valence-corrected chi connectivity index (χ1v) is 9.43. The lowest BCUT2D eigenvalue weighted by Crippen LogP contribution is -2.01. The van der Waals surface area contributed by atoms with Crippen molar-refractivity contribution >= 4 is 6.29 Å². The van der Waals surface area contributed by atoms with Gasteiger partial charge < -0.3 is 4.79 Å². The number of unbranched alkanes of at least 4 members (excludes halogenated alkanes) is 5. The number of carbonyl (C=O) groups is 1. The van der Waals surface area contributed by atoms with E-state index < -0.39 is 9.85 Å². The van der Waals surface area contributed by atoms with Crippen LogP contribution in [0.2, 0.25) is 0 Å². The van der Waals surface area contributed by atoms with Crippen LogP contribution in [0, 0.1) is 20.2 Å². The summed E-state index contributed by atoms with van der Waals surface area (Å²) in [6, 6.07) is 0. The monoisotopic (exact) mass is 378 g/mol. The van der Waals surface area contributed by atoms with Gasteiger partial charge in [-0.15, -0.1) is 0 Å². The van der Waals surface area contributed by atoms with Crippen LogP contribution in [-0.4, -0.2) is 16.1 Å². The lowest BCUT2D eigenvalue weighted by molar-refractivity contribution is -0.431. The summed E-state index contributed by atoms with van der Waals surface area (Å²) in [6.45, 7) is 1.97. The van der Waals surface area contributed by atoms with Crippen LogP contribution in [0.3, 0.4) is 0 Å². The molecule has 0 aliphatic heterocycles. The molecule has 0 spiro atoms. The lowest BCUT2D eigenvalue weighted by Gasteiger charge is -1.97. The Hall–Kier alpha value is -2.57. The molecule has 0 aliphatic rings. The van der Waals surface area contributed by atoms with Crippen LogP contribution in [0.5, 0.6) is 0 Å². The van der Waals surface area contributed by atoms with Gasteiger partial charge >= 0.3 is 0 Å². The number of nitro groups is 2. The van der Waals surface area contributed by atoms with Crippen LogP contribution >= 0.6 is 0 Å². The van der Waals surface area contributed by atoms with Gasteiger partial charge in [-0.1, -0.05) is 44.1 Å². The highest BCUT2D eigenvalue weighted by atomic mass is 16.6. The van der Waals surface area contributed by atoms with Crippen molar-refractivity contribution < 1.29 is 14.6 Å². The molecule has 27 heavy (non-hydrogen) atoms. The van der Waals surface area contributed by atoms with Crippen LogP contribution in [-0.2, 0) is 4.79 Å². The smallest absolute Gasteiger partial charge is 0.246 e. The van der Waals surface area contributed by atoms with Gasteiger partial charge in [-0.2, -0.15) is 0 Å². The molecule has 0 bridgehead atoms. The van der Waals surface area contributed by atoms with Gasteiger partial charge in [0.25, 0.3) is 0 Å². The van der Waals surface area contributed by atoms with Gasteiger partial charge in [0.15, 0.2) is 0 Å². The summed E-state index contributed by atoms with van der Waals surface area (Å²) in [4.78, 5) is 31.4. The summed E-state index contributed by atoms with van der Waals surface area (Å²) in [5.74, 6) is 0. The van der Waals surface area contributed by atoms with E-state index in [1.165, 1.54) is 12.2 Å². The molecule has 7 heteroatoms. The van der Waals surface area contributed by atoms with Gasteiger partial charge in [0.2, 0.25) is 11.4 Å². The fourth-order valence-electron chi connectivity index (χ4n) is 2.32. The third-order valence-electron chi connectivity index (χ3n) is 3.84. The minimum Gasteiger partial charge on any atom is -0.303 e. The molecule has 0 amide bonds. The fraction of sp³-hybridized carbons (Fsp3) is 0.550. The van der Waals surface area contributed by atoms with Crippen molar-refractivity contribution in [2.45, 2.75) is 71.1 Å². The number of nitrogens with zero attached hydrogens (tertiary/aromatic N) is 2. The zero-order valence-electron chi connectivity index (χ0n) is 16.0. The van der Waals surface area contributed by atoms with Crippen molar-refractivity contribution in [1.82, 2.24) is 0 Å². The Bertz CT molecular complexity index is 577. The standard InChI is InChI=1S/C20H30N2O5/c1-2-3-4-11-14-19(21(24)25)16-17-20(22(26)27)15-12-9-7-5-6-8-10-13-18-23/h3-4,9,12,14,17-18H,2,5-8,10-11,13,15-16H2,1H3/b4-3+,12-9+,19-14-,20-17-. The van der Waals surface area contributed by atoms with Crippen molar-refractivity contribution in [1.29, 1.82) is 0 Å². The molecule has 0 aliphatic carbocycles. The molecule has 0 rings (SSSR count). The van der Waals surface area contributed by atoms with E-state index in [-0.39, 0.29) is 24.2 Å². The van der Waals surface area contributed by atoms with Crippen LogP contribution in [0.4, 0.5) is 0 Å². The highest BCUT2D eigenvalue weighted by Crippen LogP contribution is 2.12. The predicted octanol–water partition coefficient (Wildman–Crippen LogP) is 5.54. The molecular formula is C20H30N2O5. The van der Waals surface area contributed by atoms with E-state index in [9.17, 15) is 25.0 Å². The van der Waals surface area contributed by atoms with Crippen LogP contribution in [0.1, 0.15) is 71.1 Å². The first-order valence-electron chi connectivity index (χ1n) is 9.43. The van der Waals surface area contributed by atoms with Crippen molar-refractivity contribution in [3.05, 3.63) is 68.1 Å². The second kappa shape index (κ2) is 16.9. The molecule has 0 radical (unpaired) electrons. The quantitative estimate of drug-likeness (QED) is 0.115. The van der Waals surface area contributed by atoms with E-state index in [4.69, 9.17) is 0 Å². The fourth-order valence-corrected chi connectivity index (χ4v) is 2.32. The third kappa shape index (κ3) is 14.3. The highest BCUT2D eigenvalue weighted by Gasteiger charge is 2.13. The summed E-state index contributed by atoms with van der Waals surface area (Å²) >= 11 is 0. The number of hydrogen-bond donors (Lipinski definition) is 0.